The molecule has 0 spiro atoms. The van der Waals surface area contributed by atoms with Gasteiger partial charge in [-0.05, 0) is 13.0 Å². The zero-order valence-electron chi connectivity index (χ0n) is 6.95. The van der Waals surface area contributed by atoms with E-state index in [2.05, 4.69) is 16.5 Å². The fraction of sp³-hybridized carbons (Fsp3) is 0.625. The lowest BCUT2D eigenvalue weighted by molar-refractivity contribution is 0.636. The maximum atomic E-state index is 5.43. The first-order valence-corrected chi connectivity index (χ1v) is 4.08. The summed E-state index contributed by atoms with van der Waals surface area (Å²) in [4.78, 5) is 4.21. The molecule has 0 unspecified atom stereocenters. The molecule has 0 atom stereocenters. The number of nitrogens with zero attached hydrogens (tertiary/aromatic N) is 2. The Morgan fingerprint density at radius 2 is 2.45 bits per heavy atom. The summed E-state index contributed by atoms with van der Waals surface area (Å²) in [6.45, 7) is 3.89. The second-order valence-corrected chi connectivity index (χ2v) is 2.58. The molecular formula is C8H15N3. The van der Waals surface area contributed by atoms with Crippen molar-refractivity contribution in [2.75, 3.05) is 6.54 Å². The average molecular weight is 153 g/mol. The Labute approximate surface area is 67.2 Å². The first-order valence-electron chi connectivity index (χ1n) is 4.08. The van der Waals surface area contributed by atoms with Gasteiger partial charge in [0.15, 0.2) is 0 Å². The van der Waals surface area contributed by atoms with Gasteiger partial charge in [0, 0.05) is 25.4 Å². The highest BCUT2D eigenvalue weighted by Crippen LogP contribution is 1.98. The molecule has 0 radical (unpaired) electrons. The van der Waals surface area contributed by atoms with Crippen LogP contribution in [0.1, 0.15) is 19.2 Å². The van der Waals surface area contributed by atoms with Crippen LogP contribution in [0.15, 0.2) is 12.4 Å². The maximum absolute atomic E-state index is 5.43. The minimum Gasteiger partial charge on any atom is -0.335 e. The van der Waals surface area contributed by atoms with Gasteiger partial charge in [0.2, 0.25) is 0 Å². The highest BCUT2D eigenvalue weighted by atomic mass is 15.1. The predicted octanol–water partition coefficient (Wildman–Crippen LogP) is 0.794. The molecule has 0 bridgehead atoms. The number of imidazole rings is 1. The Kier molecular flexibility index (Phi) is 3.11. The van der Waals surface area contributed by atoms with Crippen molar-refractivity contribution in [1.29, 1.82) is 0 Å². The van der Waals surface area contributed by atoms with Crippen molar-refractivity contribution in [2.45, 2.75) is 26.3 Å². The Bertz CT molecular complexity index is 184. The third kappa shape index (κ3) is 2.05. The van der Waals surface area contributed by atoms with Crippen LogP contribution in [0.3, 0.4) is 0 Å². The summed E-state index contributed by atoms with van der Waals surface area (Å²) in [7, 11) is 0. The van der Waals surface area contributed by atoms with Crippen molar-refractivity contribution in [1.82, 2.24) is 9.55 Å². The molecule has 0 fully saturated rings. The third-order valence-corrected chi connectivity index (χ3v) is 1.63. The number of hydrogen-bond acceptors (Lipinski definition) is 2. The lowest BCUT2D eigenvalue weighted by Gasteiger charge is -2.03. The number of nitrogens with two attached hydrogens (primary N) is 1. The van der Waals surface area contributed by atoms with E-state index in [-0.39, 0.29) is 0 Å². The summed E-state index contributed by atoms with van der Waals surface area (Å²) >= 11 is 0. The molecule has 0 saturated heterocycles. The second kappa shape index (κ2) is 4.13. The molecule has 0 aromatic carbocycles. The van der Waals surface area contributed by atoms with E-state index in [0.717, 1.165) is 25.2 Å². The SMILES string of the molecule is CCCn1ccnc1CCN. The Morgan fingerprint density at radius 3 is 3.09 bits per heavy atom. The Balaban J connectivity index is 2.62. The summed E-state index contributed by atoms with van der Waals surface area (Å²) in [5, 5.41) is 0. The highest BCUT2D eigenvalue weighted by Gasteiger charge is 1.98. The Morgan fingerprint density at radius 1 is 1.64 bits per heavy atom. The van der Waals surface area contributed by atoms with Crippen LogP contribution in [-0.4, -0.2) is 16.1 Å². The molecule has 1 aromatic rings. The molecular weight excluding hydrogens is 138 g/mol. The van der Waals surface area contributed by atoms with Gasteiger partial charge >= 0.3 is 0 Å². The molecule has 1 heterocycles. The molecule has 2 N–H and O–H groups in total. The number of hydrogen-bond donors (Lipinski definition) is 1. The standard InChI is InChI=1S/C8H15N3/c1-2-6-11-7-5-10-8(11)3-4-9/h5,7H,2-4,6,9H2,1H3. The molecule has 62 valence electrons. The van der Waals surface area contributed by atoms with Crippen LogP contribution in [0.2, 0.25) is 0 Å². The van der Waals surface area contributed by atoms with Crippen molar-refractivity contribution in [3.05, 3.63) is 18.2 Å². The van der Waals surface area contributed by atoms with Gasteiger partial charge in [-0.25, -0.2) is 4.98 Å². The van der Waals surface area contributed by atoms with E-state index < -0.39 is 0 Å². The molecule has 3 nitrogen and oxygen atoms in total. The summed E-state index contributed by atoms with van der Waals surface area (Å²) in [5.74, 6) is 1.11. The largest absolute Gasteiger partial charge is 0.335 e. The highest BCUT2D eigenvalue weighted by molar-refractivity contribution is 4.92. The second-order valence-electron chi connectivity index (χ2n) is 2.58. The predicted molar refractivity (Wildman–Crippen MR) is 45.3 cm³/mol. The van der Waals surface area contributed by atoms with Gasteiger partial charge in [-0.1, -0.05) is 6.92 Å². The third-order valence-electron chi connectivity index (χ3n) is 1.63. The quantitative estimate of drug-likeness (QED) is 0.695. The van der Waals surface area contributed by atoms with E-state index in [4.69, 9.17) is 5.73 Å². The van der Waals surface area contributed by atoms with Crippen molar-refractivity contribution in [3.8, 4) is 0 Å². The molecule has 0 aliphatic carbocycles. The molecule has 0 saturated carbocycles. The zero-order valence-corrected chi connectivity index (χ0v) is 6.95. The molecule has 0 aliphatic heterocycles. The van der Waals surface area contributed by atoms with E-state index in [9.17, 15) is 0 Å². The topological polar surface area (TPSA) is 43.8 Å². The van der Waals surface area contributed by atoms with E-state index in [0.29, 0.717) is 6.54 Å². The van der Waals surface area contributed by atoms with Crippen LogP contribution >= 0.6 is 0 Å². The molecule has 11 heavy (non-hydrogen) atoms. The van der Waals surface area contributed by atoms with E-state index >= 15 is 0 Å². The number of aromatic nitrogens is 2. The monoisotopic (exact) mass is 153 g/mol. The first kappa shape index (κ1) is 8.27. The van der Waals surface area contributed by atoms with Crippen molar-refractivity contribution in [2.24, 2.45) is 5.73 Å². The van der Waals surface area contributed by atoms with Crippen LogP contribution < -0.4 is 5.73 Å². The minimum absolute atomic E-state index is 0.681. The number of aryl methyl sites for hydroxylation is 1. The zero-order chi connectivity index (χ0) is 8.10. The van der Waals surface area contributed by atoms with E-state index in [1.807, 2.05) is 12.4 Å². The summed E-state index contributed by atoms with van der Waals surface area (Å²) in [5.41, 5.74) is 5.43. The molecule has 0 aliphatic rings. The summed E-state index contributed by atoms with van der Waals surface area (Å²) in [6.07, 6.45) is 5.87. The van der Waals surface area contributed by atoms with Gasteiger partial charge in [0.1, 0.15) is 5.82 Å². The van der Waals surface area contributed by atoms with Gasteiger partial charge in [-0.15, -0.1) is 0 Å². The van der Waals surface area contributed by atoms with Crippen LogP contribution in [0.25, 0.3) is 0 Å². The van der Waals surface area contributed by atoms with Crippen LogP contribution in [0.4, 0.5) is 0 Å². The molecule has 0 amide bonds. The van der Waals surface area contributed by atoms with Gasteiger partial charge in [-0.2, -0.15) is 0 Å². The first-order chi connectivity index (χ1) is 5.38. The van der Waals surface area contributed by atoms with Crippen molar-refractivity contribution >= 4 is 0 Å². The normalized spacial score (nSPS) is 10.4. The van der Waals surface area contributed by atoms with Crippen molar-refractivity contribution in [3.63, 3.8) is 0 Å². The Hall–Kier alpha value is -0.830. The summed E-state index contributed by atoms with van der Waals surface area (Å²) in [6, 6.07) is 0. The molecule has 3 heteroatoms. The number of rotatable bonds is 4. The lowest BCUT2D eigenvalue weighted by Crippen LogP contribution is -2.09. The minimum atomic E-state index is 0.681. The van der Waals surface area contributed by atoms with E-state index in [1.165, 1.54) is 0 Å². The van der Waals surface area contributed by atoms with Crippen LogP contribution in [-0.2, 0) is 13.0 Å². The maximum Gasteiger partial charge on any atom is 0.109 e. The smallest absolute Gasteiger partial charge is 0.109 e. The van der Waals surface area contributed by atoms with Gasteiger partial charge in [-0.3, -0.25) is 0 Å². The molecule has 1 aromatic heterocycles. The fourth-order valence-corrected chi connectivity index (χ4v) is 1.14. The lowest BCUT2D eigenvalue weighted by atomic mass is 10.4. The van der Waals surface area contributed by atoms with Crippen LogP contribution in [0, 0.1) is 0 Å². The average Bonchev–Trinajstić information content (AvgIpc) is 2.39. The summed E-state index contributed by atoms with van der Waals surface area (Å²) < 4.78 is 2.16. The van der Waals surface area contributed by atoms with Crippen LogP contribution in [0.5, 0.6) is 0 Å². The van der Waals surface area contributed by atoms with E-state index in [1.54, 1.807) is 0 Å². The van der Waals surface area contributed by atoms with Crippen molar-refractivity contribution < 1.29 is 0 Å². The van der Waals surface area contributed by atoms with Gasteiger partial charge < -0.3 is 10.3 Å². The fourth-order valence-electron chi connectivity index (χ4n) is 1.14. The molecule has 1 rings (SSSR count). The van der Waals surface area contributed by atoms with Gasteiger partial charge in [0.05, 0.1) is 0 Å². The van der Waals surface area contributed by atoms with Gasteiger partial charge in [0.25, 0.3) is 0 Å².